The van der Waals surface area contributed by atoms with Crippen LogP contribution in [0.5, 0.6) is 5.75 Å². The van der Waals surface area contributed by atoms with Crippen LogP contribution in [0.25, 0.3) is 0 Å². The van der Waals surface area contributed by atoms with Crippen molar-refractivity contribution in [1.29, 1.82) is 0 Å². The molecule has 2 aliphatic heterocycles. The van der Waals surface area contributed by atoms with Gasteiger partial charge >= 0.3 is 0 Å². The van der Waals surface area contributed by atoms with E-state index < -0.39 is 6.04 Å². The van der Waals surface area contributed by atoms with Gasteiger partial charge in [-0.15, -0.1) is 0 Å². The fraction of sp³-hybridized carbons (Fsp3) is 0.483. The predicted molar refractivity (Wildman–Crippen MR) is 152 cm³/mol. The first-order valence-electron chi connectivity index (χ1n) is 13.3. The Balaban J connectivity index is 1.44. The van der Waals surface area contributed by atoms with E-state index in [4.69, 9.17) is 17.0 Å². The van der Waals surface area contributed by atoms with E-state index in [1.807, 2.05) is 55.1 Å². The molecule has 0 aromatic heterocycles. The van der Waals surface area contributed by atoms with Gasteiger partial charge in [0, 0.05) is 12.2 Å². The fourth-order valence-corrected chi connectivity index (χ4v) is 5.37. The zero-order chi connectivity index (χ0) is 26.4. The third-order valence-electron chi connectivity index (χ3n) is 7.19. The molecule has 8 heteroatoms. The van der Waals surface area contributed by atoms with Crippen molar-refractivity contribution in [3.63, 3.8) is 0 Å². The molecule has 2 saturated heterocycles. The van der Waals surface area contributed by atoms with Crippen molar-refractivity contribution >= 4 is 40.5 Å². The summed E-state index contributed by atoms with van der Waals surface area (Å²) in [5.74, 6) is 1.18. The summed E-state index contributed by atoms with van der Waals surface area (Å²) in [4.78, 5) is 32.7. The van der Waals surface area contributed by atoms with Gasteiger partial charge in [0.05, 0.1) is 18.7 Å². The topological polar surface area (TPSA) is 65.1 Å². The van der Waals surface area contributed by atoms with Gasteiger partial charge in [0.2, 0.25) is 5.91 Å². The van der Waals surface area contributed by atoms with Crippen LogP contribution in [0.2, 0.25) is 0 Å². The zero-order valence-electron chi connectivity index (χ0n) is 22.1. The monoisotopic (exact) mass is 522 g/mol. The molecule has 0 bridgehead atoms. The number of nitrogens with one attached hydrogen (secondary N) is 1. The Bertz CT molecular complexity index is 1080. The SMILES string of the molecule is CCOc1ccc(NC(=O)CC2C(=O)N(c3ccc(C)cc3)C(=S)N2CCCN2CCC(C)CC2)cc1. The number of piperidine rings is 1. The third kappa shape index (κ3) is 6.87. The van der Waals surface area contributed by atoms with E-state index in [0.29, 0.717) is 24.0 Å². The summed E-state index contributed by atoms with van der Waals surface area (Å²) >= 11 is 5.81. The molecule has 0 aliphatic carbocycles. The molecule has 4 rings (SSSR count). The molecule has 0 saturated carbocycles. The Morgan fingerprint density at radius 2 is 1.73 bits per heavy atom. The van der Waals surface area contributed by atoms with E-state index in [1.54, 1.807) is 17.0 Å². The summed E-state index contributed by atoms with van der Waals surface area (Å²) in [6.45, 7) is 10.7. The minimum Gasteiger partial charge on any atom is -0.494 e. The molecule has 2 amide bonds. The van der Waals surface area contributed by atoms with Crippen molar-refractivity contribution in [1.82, 2.24) is 9.80 Å². The first-order chi connectivity index (χ1) is 17.9. The number of benzene rings is 2. The fourth-order valence-electron chi connectivity index (χ4n) is 4.96. The van der Waals surface area contributed by atoms with Crippen LogP contribution in [0.4, 0.5) is 11.4 Å². The quantitative estimate of drug-likeness (QED) is 0.450. The number of ether oxygens (including phenoxy) is 1. The molecule has 1 N–H and O–H groups in total. The summed E-state index contributed by atoms with van der Waals surface area (Å²) in [7, 11) is 0. The number of thiocarbonyl (C=S) groups is 1. The average Bonchev–Trinajstić information content (AvgIpc) is 3.11. The lowest BCUT2D eigenvalue weighted by atomic mass is 9.99. The van der Waals surface area contributed by atoms with Crippen LogP contribution in [0.3, 0.4) is 0 Å². The van der Waals surface area contributed by atoms with Crippen molar-refractivity contribution in [2.75, 3.05) is 43.0 Å². The summed E-state index contributed by atoms with van der Waals surface area (Å²) in [5.41, 5.74) is 2.52. The minimum atomic E-state index is -0.627. The van der Waals surface area contributed by atoms with Gasteiger partial charge in [-0.2, -0.15) is 0 Å². The second-order valence-electron chi connectivity index (χ2n) is 10.1. The lowest BCUT2D eigenvalue weighted by Gasteiger charge is -2.31. The van der Waals surface area contributed by atoms with Gasteiger partial charge < -0.3 is 19.9 Å². The van der Waals surface area contributed by atoms with Crippen LogP contribution in [-0.4, -0.2) is 65.6 Å². The van der Waals surface area contributed by atoms with Crippen LogP contribution in [0.15, 0.2) is 48.5 Å². The molecule has 1 atom stereocenters. The maximum Gasteiger partial charge on any atom is 0.256 e. The Kier molecular flexibility index (Phi) is 9.16. The number of hydrogen-bond donors (Lipinski definition) is 1. The van der Waals surface area contributed by atoms with Crippen LogP contribution in [0.1, 0.15) is 45.1 Å². The van der Waals surface area contributed by atoms with E-state index in [9.17, 15) is 9.59 Å². The van der Waals surface area contributed by atoms with Gasteiger partial charge in [-0.1, -0.05) is 24.6 Å². The van der Waals surface area contributed by atoms with Gasteiger partial charge in [0.1, 0.15) is 11.8 Å². The molecular weight excluding hydrogens is 484 g/mol. The van der Waals surface area contributed by atoms with Crippen molar-refractivity contribution < 1.29 is 14.3 Å². The van der Waals surface area contributed by atoms with E-state index >= 15 is 0 Å². The number of carbonyl (C=O) groups is 2. The number of amides is 2. The maximum atomic E-state index is 13.6. The summed E-state index contributed by atoms with van der Waals surface area (Å²) in [6.07, 6.45) is 3.39. The highest BCUT2D eigenvalue weighted by molar-refractivity contribution is 7.80. The third-order valence-corrected chi connectivity index (χ3v) is 7.61. The van der Waals surface area contributed by atoms with E-state index in [-0.39, 0.29) is 18.2 Å². The van der Waals surface area contributed by atoms with Gasteiger partial charge in [-0.05, 0) is 107 Å². The highest BCUT2D eigenvalue weighted by Gasteiger charge is 2.43. The molecule has 198 valence electrons. The van der Waals surface area contributed by atoms with Crippen molar-refractivity contribution in [3.05, 3.63) is 54.1 Å². The van der Waals surface area contributed by atoms with Crippen LogP contribution < -0.4 is 15.0 Å². The summed E-state index contributed by atoms with van der Waals surface area (Å²) in [6, 6.07) is 14.4. The number of likely N-dealkylation sites (tertiary alicyclic amines) is 1. The Morgan fingerprint density at radius 3 is 2.38 bits per heavy atom. The largest absolute Gasteiger partial charge is 0.494 e. The Labute approximate surface area is 225 Å². The molecule has 0 spiro atoms. The molecule has 0 radical (unpaired) electrons. The predicted octanol–water partition coefficient (Wildman–Crippen LogP) is 4.85. The van der Waals surface area contributed by atoms with E-state index in [2.05, 4.69) is 17.1 Å². The normalized spacial score (nSPS) is 18.9. The van der Waals surface area contributed by atoms with Gasteiger partial charge in [0.15, 0.2) is 5.11 Å². The molecule has 7 nitrogen and oxygen atoms in total. The number of hydrogen-bond acceptors (Lipinski definition) is 5. The maximum absolute atomic E-state index is 13.6. The second kappa shape index (κ2) is 12.5. The molecule has 37 heavy (non-hydrogen) atoms. The number of anilines is 2. The Hall–Kier alpha value is -2.97. The van der Waals surface area contributed by atoms with Gasteiger partial charge in [-0.3, -0.25) is 14.5 Å². The van der Waals surface area contributed by atoms with Gasteiger partial charge in [0.25, 0.3) is 5.91 Å². The first-order valence-corrected chi connectivity index (χ1v) is 13.7. The van der Waals surface area contributed by atoms with E-state index in [0.717, 1.165) is 49.0 Å². The van der Waals surface area contributed by atoms with Gasteiger partial charge in [-0.25, -0.2) is 0 Å². The van der Waals surface area contributed by atoms with Crippen LogP contribution >= 0.6 is 12.2 Å². The smallest absolute Gasteiger partial charge is 0.256 e. The number of carbonyl (C=O) groups excluding carboxylic acids is 2. The minimum absolute atomic E-state index is 0.0375. The number of aryl methyl sites for hydroxylation is 1. The average molecular weight is 523 g/mol. The summed E-state index contributed by atoms with van der Waals surface area (Å²) < 4.78 is 5.47. The lowest BCUT2D eigenvalue weighted by Crippen LogP contribution is -2.40. The summed E-state index contributed by atoms with van der Waals surface area (Å²) in [5, 5.41) is 3.40. The van der Waals surface area contributed by atoms with E-state index in [1.165, 1.54) is 12.8 Å². The highest BCUT2D eigenvalue weighted by atomic mass is 32.1. The second-order valence-corrected chi connectivity index (χ2v) is 10.5. The highest BCUT2D eigenvalue weighted by Crippen LogP contribution is 2.28. The van der Waals surface area contributed by atoms with Crippen LogP contribution in [-0.2, 0) is 9.59 Å². The molecule has 1 unspecified atom stereocenters. The zero-order valence-corrected chi connectivity index (χ0v) is 22.9. The number of nitrogens with zero attached hydrogens (tertiary/aromatic N) is 3. The molecule has 2 aromatic carbocycles. The lowest BCUT2D eigenvalue weighted by molar-refractivity contribution is -0.124. The standard InChI is InChI=1S/C29H38N4O3S/c1-4-36-25-12-8-23(9-13-25)30-27(34)20-26-28(35)33(24-10-6-21(2)7-11-24)29(37)32(26)17-5-16-31-18-14-22(3)15-19-31/h6-13,22,26H,4-5,14-20H2,1-3H3,(H,30,34). The van der Waals surface area contributed by atoms with Crippen molar-refractivity contribution in [2.24, 2.45) is 5.92 Å². The Morgan fingerprint density at radius 1 is 1.05 bits per heavy atom. The molecule has 2 aliphatic rings. The molecule has 2 heterocycles. The van der Waals surface area contributed by atoms with Crippen LogP contribution in [0, 0.1) is 12.8 Å². The first kappa shape index (κ1) is 27.1. The molecule has 2 aromatic rings. The number of rotatable bonds is 10. The van der Waals surface area contributed by atoms with Crippen molar-refractivity contribution in [2.45, 2.75) is 52.5 Å². The molecule has 2 fully saturated rings. The van der Waals surface area contributed by atoms with Crippen molar-refractivity contribution in [3.8, 4) is 5.75 Å². The molecular formula is C29H38N4O3S.